The summed E-state index contributed by atoms with van der Waals surface area (Å²) < 4.78 is 55.4. The Balaban J connectivity index is 1.44. The first-order valence-corrected chi connectivity index (χ1v) is 12.8. The zero-order chi connectivity index (χ0) is 25.5. The third-order valence-corrected chi connectivity index (χ3v) is 6.73. The lowest BCUT2D eigenvalue weighted by molar-refractivity contribution is -0.0207. The second kappa shape index (κ2) is 12.3. The first kappa shape index (κ1) is 26.0. The molecule has 2 nitrogen and oxygen atoms in total. The molecule has 4 rings (SSSR count). The number of hydrogen-bond donors (Lipinski definition) is 0. The molecule has 0 amide bonds. The quantitative estimate of drug-likeness (QED) is 0.276. The van der Waals surface area contributed by atoms with E-state index in [1.165, 1.54) is 18.2 Å². The van der Waals surface area contributed by atoms with Gasteiger partial charge in [-0.1, -0.05) is 55.5 Å². The van der Waals surface area contributed by atoms with Crippen molar-refractivity contribution in [1.29, 1.82) is 0 Å². The van der Waals surface area contributed by atoms with Gasteiger partial charge in [-0.3, -0.25) is 0 Å². The van der Waals surface area contributed by atoms with Crippen LogP contribution in [0.1, 0.15) is 57.6 Å². The van der Waals surface area contributed by atoms with Gasteiger partial charge in [-0.05, 0) is 79.8 Å². The van der Waals surface area contributed by atoms with Crippen LogP contribution in [0.4, 0.5) is 13.2 Å². The van der Waals surface area contributed by atoms with Gasteiger partial charge in [0.15, 0.2) is 11.6 Å². The normalized spacial score (nSPS) is 18.0. The summed E-state index contributed by atoms with van der Waals surface area (Å²) in [5.74, 6) is -1.78. The van der Waals surface area contributed by atoms with Crippen LogP contribution in [-0.2, 0) is 4.74 Å². The Morgan fingerprint density at radius 3 is 2.33 bits per heavy atom. The number of allylic oxidation sites excluding steroid dienone is 2. The Morgan fingerprint density at radius 2 is 1.67 bits per heavy atom. The topological polar surface area (TPSA) is 18.5 Å². The Kier molecular flexibility index (Phi) is 8.87. The van der Waals surface area contributed by atoms with Gasteiger partial charge < -0.3 is 9.47 Å². The van der Waals surface area contributed by atoms with Crippen LogP contribution < -0.4 is 4.74 Å². The fraction of sp³-hybridized carbons (Fsp3) is 0.355. The second-order valence-corrected chi connectivity index (χ2v) is 9.31. The van der Waals surface area contributed by atoms with Crippen molar-refractivity contribution < 1.29 is 22.6 Å². The maximum atomic E-state index is 15.0. The number of benzene rings is 3. The molecular formula is C31H33F3O2. The molecule has 190 valence electrons. The average Bonchev–Trinajstić information content (AvgIpc) is 2.90. The maximum Gasteiger partial charge on any atom is 0.201 e. The Labute approximate surface area is 211 Å². The average molecular weight is 495 g/mol. The molecule has 1 aliphatic heterocycles. The number of ether oxygens (including phenoxy) is 2. The van der Waals surface area contributed by atoms with Crippen LogP contribution in [0.25, 0.3) is 22.3 Å². The minimum absolute atomic E-state index is 0.0867. The van der Waals surface area contributed by atoms with Crippen molar-refractivity contribution in [2.75, 3.05) is 13.2 Å². The van der Waals surface area contributed by atoms with Crippen LogP contribution in [-0.4, -0.2) is 13.2 Å². The van der Waals surface area contributed by atoms with Gasteiger partial charge in [0.25, 0.3) is 0 Å². The standard InChI is InChI=1S/C31H33F3O2/c1-3-5-6-7-21-8-16-28(36-20-21)26-14-13-24(19-27(26)32)22-9-11-23(12-10-22)25-15-17-29(35-18-4-2)31(34)30(25)33/h3,5,9-15,17,19,21,28H,4,6-8,16,18,20H2,1-2H3. The highest BCUT2D eigenvalue weighted by atomic mass is 19.2. The van der Waals surface area contributed by atoms with Crippen LogP contribution in [0, 0.1) is 23.4 Å². The monoisotopic (exact) mass is 494 g/mol. The molecule has 0 bridgehead atoms. The molecule has 0 aliphatic carbocycles. The fourth-order valence-corrected chi connectivity index (χ4v) is 4.67. The van der Waals surface area contributed by atoms with Crippen LogP contribution in [0.3, 0.4) is 0 Å². The van der Waals surface area contributed by atoms with E-state index in [9.17, 15) is 8.78 Å². The highest BCUT2D eigenvalue weighted by Crippen LogP contribution is 2.36. The molecule has 36 heavy (non-hydrogen) atoms. The van der Waals surface area contributed by atoms with Crippen LogP contribution in [0.15, 0.2) is 66.7 Å². The molecule has 1 aliphatic rings. The summed E-state index contributed by atoms with van der Waals surface area (Å²) in [7, 11) is 0. The Morgan fingerprint density at radius 1 is 0.917 bits per heavy atom. The fourth-order valence-electron chi connectivity index (χ4n) is 4.67. The molecule has 0 radical (unpaired) electrons. The van der Waals surface area contributed by atoms with Crippen molar-refractivity contribution in [3.8, 4) is 28.0 Å². The minimum atomic E-state index is -0.989. The highest BCUT2D eigenvalue weighted by molar-refractivity contribution is 5.71. The van der Waals surface area contributed by atoms with Crippen molar-refractivity contribution >= 4 is 0 Å². The van der Waals surface area contributed by atoms with Gasteiger partial charge in [0.1, 0.15) is 5.82 Å². The molecule has 0 saturated carbocycles. The molecule has 1 saturated heterocycles. The van der Waals surface area contributed by atoms with E-state index in [0.29, 0.717) is 36.7 Å². The van der Waals surface area contributed by atoms with Gasteiger partial charge in [0.2, 0.25) is 5.82 Å². The third-order valence-electron chi connectivity index (χ3n) is 6.73. The molecule has 2 atom stereocenters. The largest absolute Gasteiger partial charge is 0.490 e. The first-order chi connectivity index (χ1) is 17.5. The molecule has 1 fully saturated rings. The van der Waals surface area contributed by atoms with Crippen molar-refractivity contribution in [1.82, 2.24) is 0 Å². The van der Waals surface area contributed by atoms with Crippen LogP contribution >= 0.6 is 0 Å². The van der Waals surface area contributed by atoms with Gasteiger partial charge >= 0.3 is 0 Å². The molecule has 2 unspecified atom stereocenters. The van der Waals surface area contributed by atoms with Gasteiger partial charge in [-0.15, -0.1) is 0 Å². The predicted molar refractivity (Wildman–Crippen MR) is 138 cm³/mol. The minimum Gasteiger partial charge on any atom is -0.490 e. The summed E-state index contributed by atoms with van der Waals surface area (Å²) in [6.07, 6.45) is 8.72. The molecule has 0 aromatic heterocycles. The molecular weight excluding hydrogens is 461 g/mol. The third kappa shape index (κ3) is 6.01. The molecule has 5 heteroatoms. The number of hydrogen-bond acceptors (Lipinski definition) is 2. The summed E-state index contributed by atoms with van der Waals surface area (Å²) in [6, 6.07) is 15.2. The summed E-state index contributed by atoms with van der Waals surface area (Å²) >= 11 is 0. The van der Waals surface area contributed by atoms with Gasteiger partial charge in [0.05, 0.1) is 19.3 Å². The lowest BCUT2D eigenvalue weighted by atomic mass is 9.90. The van der Waals surface area contributed by atoms with E-state index in [1.807, 2.05) is 19.9 Å². The number of rotatable bonds is 9. The van der Waals surface area contributed by atoms with E-state index < -0.39 is 11.6 Å². The maximum absolute atomic E-state index is 15.0. The first-order valence-electron chi connectivity index (χ1n) is 12.8. The summed E-state index contributed by atoms with van der Waals surface area (Å²) in [5.41, 5.74) is 2.79. The van der Waals surface area contributed by atoms with Gasteiger partial charge in [-0.2, -0.15) is 4.39 Å². The SMILES string of the molecule is CC=CCCC1CCC(c2ccc(-c3ccc(-c4ccc(OCCC)c(F)c4F)cc3)cc2F)OC1. The van der Waals surface area contributed by atoms with Crippen LogP contribution in [0.5, 0.6) is 5.75 Å². The van der Waals surface area contributed by atoms with Crippen molar-refractivity contribution in [2.24, 2.45) is 5.92 Å². The van der Waals surface area contributed by atoms with E-state index in [1.54, 1.807) is 30.3 Å². The van der Waals surface area contributed by atoms with Crippen molar-refractivity contribution in [2.45, 2.75) is 52.1 Å². The van der Waals surface area contributed by atoms with E-state index in [-0.39, 0.29) is 23.2 Å². The van der Waals surface area contributed by atoms with Gasteiger partial charge in [0, 0.05) is 11.1 Å². The number of halogens is 3. The van der Waals surface area contributed by atoms with E-state index in [0.717, 1.165) is 36.8 Å². The molecule has 0 spiro atoms. The smallest absolute Gasteiger partial charge is 0.201 e. The zero-order valence-electron chi connectivity index (χ0n) is 20.9. The lowest BCUT2D eigenvalue weighted by Gasteiger charge is -2.29. The molecule has 3 aromatic rings. The summed E-state index contributed by atoms with van der Waals surface area (Å²) in [4.78, 5) is 0. The van der Waals surface area contributed by atoms with Crippen LogP contribution in [0.2, 0.25) is 0 Å². The Bertz CT molecular complexity index is 1180. The lowest BCUT2D eigenvalue weighted by Crippen LogP contribution is -2.21. The Hall–Kier alpha value is -3.05. The molecule has 3 aromatic carbocycles. The summed E-state index contributed by atoms with van der Waals surface area (Å²) in [5, 5.41) is 0. The predicted octanol–water partition coefficient (Wildman–Crippen LogP) is 9.05. The summed E-state index contributed by atoms with van der Waals surface area (Å²) in [6.45, 7) is 4.91. The van der Waals surface area contributed by atoms with E-state index in [2.05, 4.69) is 12.2 Å². The van der Waals surface area contributed by atoms with Gasteiger partial charge in [-0.25, -0.2) is 8.78 Å². The van der Waals surface area contributed by atoms with Crippen molar-refractivity contribution in [3.63, 3.8) is 0 Å². The van der Waals surface area contributed by atoms with E-state index in [4.69, 9.17) is 9.47 Å². The highest BCUT2D eigenvalue weighted by Gasteiger charge is 2.25. The molecule has 0 N–H and O–H groups in total. The molecule has 1 heterocycles. The second-order valence-electron chi connectivity index (χ2n) is 9.31. The van der Waals surface area contributed by atoms with Crippen molar-refractivity contribution in [3.05, 3.63) is 89.8 Å². The zero-order valence-corrected chi connectivity index (χ0v) is 20.9. The van der Waals surface area contributed by atoms with E-state index >= 15 is 4.39 Å².